The first-order valence-corrected chi connectivity index (χ1v) is 16.4. The SMILES string of the molecule is CCC(C)COC(=O)c1ccc(OC(=O)c2ccc(OC(O)CCCCCCCCCCCOC(=O)C(C)(CO)CO)cc2)cc1. The molecule has 0 amide bonds. The number of aliphatic hydroxyl groups is 3. The number of aliphatic hydroxyl groups excluding tert-OH is 3. The number of esters is 3. The highest BCUT2D eigenvalue weighted by molar-refractivity contribution is 5.92. The van der Waals surface area contributed by atoms with Crippen LogP contribution in [0.25, 0.3) is 0 Å². The summed E-state index contributed by atoms with van der Waals surface area (Å²) in [5.74, 6) is -0.481. The largest absolute Gasteiger partial charge is 0.465 e. The van der Waals surface area contributed by atoms with Gasteiger partial charge in [-0.2, -0.15) is 0 Å². The Morgan fingerprint density at radius 3 is 1.76 bits per heavy atom. The van der Waals surface area contributed by atoms with Gasteiger partial charge in [-0.3, -0.25) is 4.79 Å². The van der Waals surface area contributed by atoms with Crippen molar-refractivity contribution in [2.75, 3.05) is 26.4 Å². The lowest BCUT2D eigenvalue weighted by Crippen LogP contribution is -2.37. The molecule has 0 aliphatic heterocycles. The second-order valence-corrected chi connectivity index (χ2v) is 12.1. The average molecular weight is 645 g/mol. The molecule has 0 heterocycles. The van der Waals surface area contributed by atoms with Gasteiger partial charge in [0.25, 0.3) is 0 Å². The number of benzene rings is 2. The van der Waals surface area contributed by atoms with E-state index in [0.717, 1.165) is 64.2 Å². The van der Waals surface area contributed by atoms with Gasteiger partial charge in [0.05, 0.1) is 37.6 Å². The summed E-state index contributed by atoms with van der Waals surface area (Å²) >= 11 is 0. The Labute approximate surface area is 273 Å². The summed E-state index contributed by atoms with van der Waals surface area (Å²) in [5.41, 5.74) is -0.528. The van der Waals surface area contributed by atoms with Gasteiger partial charge in [-0.15, -0.1) is 0 Å². The molecule has 2 aromatic rings. The normalized spacial score (nSPS) is 12.7. The van der Waals surface area contributed by atoms with Gasteiger partial charge in [-0.1, -0.05) is 65.2 Å². The first-order chi connectivity index (χ1) is 22.1. The zero-order chi connectivity index (χ0) is 33.8. The van der Waals surface area contributed by atoms with Crippen LogP contribution in [0, 0.1) is 11.3 Å². The summed E-state index contributed by atoms with van der Waals surface area (Å²) in [6.45, 7) is 5.29. The van der Waals surface area contributed by atoms with Crippen LogP contribution in [-0.4, -0.2) is 65.9 Å². The van der Waals surface area contributed by atoms with Crippen LogP contribution < -0.4 is 9.47 Å². The summed E-state index contributed by atoms with van der Waals surface area (Å²) < 4.78 is 21.4. The molecular formula is C36H52O10. The highest BCUT2D eigenvalue weighted by Gasteiger charge is 2.33. The molecule has 0 aliphatic carbocycles. The predicted molar refractivity (Wildman–Crippen MR) is 174 cm³/mol. The van der Waals surface area contributed by atoms with E-state index < -0.39 is 42.8 Å². The fourth-order valence-electron chi connectivity index (χ4n) is 4.31. The third-order valence-corrected chi connectivity index (χ3v) is 7.88. The molecule has 0 radical (unpaired) electrons. The van der Waals surface area contributed by atoms with Crippen molar-refractivity contribution in [2.24, 2.45) is 11.3 Å². The Morgan fingerprint density at radius 2 is 1.22 bits per heavy atom. The second-order valence-electron chi connectivity index (χ2n) is 12.1. The highest BCUT2D eigenvalue weighted by atomic mass is 16.6. The number of hydrogen-bond acceptors (Lipinski definition) is 10. The fraction of sp³-hybridized carbons (Fsp3) is 0.583. The van der Waals surface area contributed by atoms with E-state index in [4.69, 9.17) is 18.9 Å². The molecule has 0 aromatic heterocycles. The zero-order valence-corrected chi connectivity index (χ0v) is 27.6. The quantitative estimate of drug-likeness (QED) is 0.0549. The first kappa shape index (κ1) is 38.7. The van der Waals surface area contributed by atoms with Crippen molar-refractivity contribution in [2.45, 2.75) is 97.7 Å². The molecule has 2 atom stereocenters. The van der Waals surface area contributed by atoms with E-state index in [9.17, 15) is 29.7 Å². The number of hydrogen-bond donors (Lipinski definition) is 3. The van der Waals surface area contributed by atoms with Gasteiger partial charge in [0.2, 0.25) is 0 Å². The predicted octanol–water partition coefficient (Wildman–Crippen LogP) is 6.24. The molecule has 256 valence electrons. The van der Waals surface area contributed by atoms with Gasteiger partial charge < -0.3 is 34.3 Å². The van der Waals surface area contributed by atoms with Crippen molar-refractivity contribution in [3.8, 4) is 11.5 Å². The van der Waals surface area contributed by atoms with Crippen LogP contribution in [0.15, 0.2) is 48.5 Å². The Morgan fingerprint density at radius 1 is 0.717 bits per heavy atom. The maximum atomic E-state index is 12.5. The third kappa shape index (κ3) is 14.3. The Bertz CT molecular complexity index is 1160. The molecule has 3 N–H and O–H groups in total. The van der Waals surface area contributed by atoms with Crippen LogP contribution in [0.5, 0.6) is 11.5 Å². The molecule has 0 saturated heterocycles. The van der Waals surface area contributed by atoms with Gasteiger partial charge in [0, 0.05) is 6.42 Å². The van der Waals surface area contributed by atoms with E-state index in [-0.39, 0.29) is 0 Å². The molecule has 2 aromatic carbocycles. The van der Waals surface area contributed by atoms with Crippen LogP contribution in [0.3, 0.4) is 0 Å². The summed E-state index contributed by atoms with van der Waals surface area (Å²) in [6, 6.07) is 12.6. The van der Waals surface area contributed by atoms with E-state index in [1.165, 1.54) is 6.92 Å². The first-order valence-electron chi connectivity index (χ1n) is 16.4. The third-order valence-electron chi connectivity index (χ3n) is 7.88. The number of ether oxygens (including phenoxy) is 4. The van der Waals surface area contributed by atoms with Crippen LogP contribution in [0.1, 0.15) is 112 Å². The zero-order valence-electron chi connectivity index (χ0n) is 27.6. The lowest BCUT2D eigenvalue weighted by atomic mass is 9.93. The Balaban J connectivity index is 1.55. The molecule has 0 spiro atoms. The highest BCUT2D eigenvalue weighted by Crippen LogP contribution is 2.20. The maximum Gasteiger partial charge on any atom is 0.343 e. The fourth-order valence-corrected chi connectivity index (χ4v) is 4.31. The smallest absolute Gasteiger partial charge is 0.343 e. The second kappa shape index (κ2) is 21.3. The van der Waals surface area contributed by atoms with E-state index in [0.29, 0.717) is 48.2 Å². The molecule has 10 heteroatoms. The van der Waals surface area contributed by atoms with Gasteiger partial charge in [0.1, 0.15) is 16.9 Å². The summed E-state index contributed by atoms with van der Waals surface area (Å²) in [5, 5.41) is 28.7. The number of carbonyl (C=O) groups excluding carboxylic acids is 3. The maximum absolute atomic E-state index is 12.5. The molecule has 46 heavy (non-hydrogen) atoms. The van der Waals surface area contributed by atoms with Crippen LogP contribution in [-0.2, 0) is 14.3 Å². The number of rotatable bonds is 23. The number of unbranched alkanes of at least 4 members (excludes halogenated alkanes) is 8. The molecule has 2 rings (SSSR count). The lowest BCUT2D eigenvalue weighted by molar-refractivity contribution is -0.160. The molecular weight excluding hydrogens is 592 g/mol. The van der Waals surface area contributed by atoms with Crippen molar-refractivity contribution in [3.63, 3.8) is 0 Å². The average Bonchev–Trinajstić information content (AvgIpc) is 3.07. The summed E-state index contributed by atoms with van der Waals surface area (Å²) in [7, 11) is 0. The standard InChI is InChI=1S/C36H52O10/c1-4-27(2)24-44-33(40)28-15-21-31(22-16-28)46-34(41)29-17-19-30(20-18-29)45-32(39)14-12-10-8-6-5-7-9-11-13-23-43-35(42)36(3,25-37)26-38/h15-22,27,32,37-39H,4-14,23-26H2,1-3H3. The summed E-state index contributed by atoms with van der Waals surface area (Å²) in [6.07, 6.45) is 9.53. The van der Waals surface area contributed by atoms with Gasteiger partial charge in [-0.25, -0.2) is 9.59 Å². The topological polar surface area (TPSA) is 149 Å². The van der Waals surface area contributed by atoms with Crippen molar-refractivity contribution < 1.29 is 48.7 Å². The van der Waals surface area contributed by atoms with Crippen LogP contribution >= 0.6 is 0 Å². The summed E-state index contributed by atoms with van der Waals surface area (Å²) in [4.78, 5) is 36.6. The Hall–Kier alpha value is -3.47. The molecule has 2 unspecified atom stereocenters. The molecule has 0 aliphatic rings. The van der Waals surface area contributed by atoms with Crippen LogP contribution in [0.2, 0.25) is 0 Å². The van der Waals surface area contributed by atoms with Gasteiger partial charge in [0.15, 0.2) is 6.29 Å². The minimum atomic E-state index is -1.24. The number of carbonyl (C=O) groups is 3. The van der Waals surface area contributed by atoms with E-state index in [1.807, 2.05) is 13.8 Å². The lowest BCUT2D eigenvalue weighted by Gasteiger charge is -2.22. The van der Waals surface area contributed by atoms with E-state index >= 15 is 0 Å². The molecule has 10 nitrogen and oxygen atoms in total. The van der Waals surface area contributed by atoms with Crippen molar-refractivity contribution >= 4 is 17.9 Å². The van der Waals surface area contributed by atoms with Crippen LogP contribution in [0.4, 0.5) is 0 Å². The van der Waals surface area contributed by atoms with Gasteiger partial charge in [-0.05, 0) is 74.2 Å². The Kier molecular flexibility index (Phi) is 18.0. The minimum absolute atomic E-state index is 0.290. The van der Waals surface area contributed by atoms with E-state index in [2.05, 4.69) is 0 Å². The van der Waals surface area contributed by atoms with Crippen molar-refractivity contribution in [1.29, 1.82) is 0 Å². The molecule has 0 saturated carbocycles. The minimum Gasteiger partial charge on any atom is -0.465 e. The van der Waals surface area contributed by atoms with Crippen molar-refractivity contribution in [3.05, 3.63) is 59.7 Å². The van der Waals surface area contributed by atoms with E-state index in [1.54, 1.807) is 48.5 Å². The molecule has 0 fully saturated rings. The van der Waals surface area contributed by atoms with Crippen molar-refractivity contribution in [1.82, 2.24) is 0 Å². The monoisotopic (exact) mass is 644 g/mol. The van der Waals surface area contributed by atoms with Gasteiger partial charge >= 0.3 is 17.9 Å². The molecule has 0 bridgehead atoms.